The number of benzene rings is 2. The number of anilines is 1. The summed E-state index contributed by atoms with van der Waals surface area (Å²) in [6.07, 6.45) is 1.83. The molecule has 1 aliphatic rings. The minimum absolute atomic E-state index is 0.0556. The van der Waals surface area contributed by atoms with E-state index in [2.05, 4.69) is 5.32 Å². The second-order valence-electron chi connectivity index (χ2n) is 5.86. The van der Waals surface area contributed by atoms with Gasteiger partial charge >= 0.3 is 0 Å². The van der Waals surface area contributed by atoms with Crippen molar-refractivity contribution in [2.24, 2.45) is 0 Å². The highest BCUT2D eigenvalue weighted by Crippen LogP contribution is 2.21. The predicted octanol–water partition coefficient (Wildman–Crippen LogP) is 3.33. The van der Waals surface area contributed by atoms with Crippen molar-refractivity contribution in [2.45, 2.75) is 25.8 Å². The van der Waals surface area contributed by atoms with Gasteiger partial charge in [-0.25, -0.2) is 0 Å². The molecule has 0 saturated carbocycles. The molecule has 2 aromatic carbocycles. The fraction of sp³-hybridized carbons (Fsp3) is 0.263. The third-order valence-corrected chi connectivity index (χ3v) is 4.49. The Labute approximate surface area is 146 Å². The van der Waals surface area contributed by atoms with E-state index in [1.807, 2.05) is 42.5 Å². The van der Waals surface area contributed by atoms with Crippen LogP contribution in [0.3, 0.4) is 0 Å². The monoisotopic (exact) mass is 342 g/mol. The second-order valence-corrected chi connectivity index (χ2v) is 6.27. The molecule has 1 fully saturated rings. The summed E-state index contributed by atoms with van der Waals surface area (Å²) < 4.78 is 0. The molecule has 1 N–H and O–H groups in total. The summed E-state index contributed by atoms with van der Waals surface area (Å²) in [5.41, 5.74) is 2.72. The van der Waals surface area contributed by atoms with Gasteiger partial charge in [0.1, 0.15) is 0 Å². The number of amides is 2. The van der Waals surface area contributed by atoms with Gasteiger partial charge in [0.2, 0.25) is 11.8 Å². The number of carbonyl (C=O) groups is 2. The molecular weight excluding hydrogens is 324 g/mol. The Balaban J connectivity index is 1.55. The minimum atomic E-state index is -0.0556. The Hall–Kier alpha value is -2.33. The topological polar surface area (TPSA) is 49.4 Å². The summed E-state index contributed by atoms with van der Waals surface area (Å²) in [6, 6.07) is 15.1. The van der Waals surface area contributed by atoms with Gasteiger partial charge in [-0.05, 0) is 35.7 Å². The van der Waals surface area contributed by atoms with Crippen molar-refractivity contribution in [1.29, 1.82) is 0 Å². The van der Waals surface area contributed by atoms with Crippen LogP contribution in [0.5, 0.6) is 0 Å². The van der Waals surface area contributed by atoms with E-state index in [1.165, 1.54) is 0 Å². The van der Waals surface area contributed by atoms with Crippen LogP contribution in [0.15, 0.2) is 48.5 Å². The highest BCUT2D eigenvalue weighted by molar-refractivity contribution is 6.31. The van der Waals surface area contributed by atoms with Crippen LogP contribution >= 0.6 is 11.6 Å². The maximum Gasteiger partial charge on any atom is 0.227 e. The fourth-order valence-electron chi connectivity index (χ4n) is 2.80. The van der Waals surface area contributed by atoms with Gasteiger partial charge in [0, 0.05) is 30.2 Å². The molecule has 2 aromatic rings. The lowest BCUT2D eigenvalue weighted by molar-refractivity contribution is -0.120. The van der Waals surface area contributed by atoms with Crippen LogP contribution in [0.25, 0.3) is 0 Å². The van der Waals surface area contributed by atoms with E-state index in [1.54, 1.807) is 11.0 Å². The van der Waals surface area contributed by atoms with Crippen LogP contribution in [0.1, 0.15) is 24.0 Å². The van der Waals surface area contributed by atoms with Crippen molar-refractivity contribution in [3.63, 3.8) is 0 Å². The molecule has 2 amide bonds. The molecule has 4 nitrogen and oxygen atoms in total. The van der Waals surface area contributed by atoms with Crippen LogP contribution in [0.2, 0.25) is 5.02 Å². The number of carbonyl (C=O) groups excluding carboxylic acids is 2. The van der Waals surface area contributed by atoms with Crippen LogP contribution in [0, 0.1) is 0 Å². The van der Waals surface area contributed by atoms with Crippen molar-refractivity contribution in [3.8, 4) is 0 Å². The van der Waals surface area contributed by atoms with E-state index in [4.69, 9.17) is 11.6 Å². The van der Waals surface area contributed by atoms with Crippen LogP contribution in [0.4, 0.5) is 5.69 Å². The molecule has 0 radical (unpaired) electrons. The normalized spacial score (nSPS) is 14.0. The maximum absolute atomic E-state index is 12.1. The van der Waals surface area contributed by atoms with Gasteiger partial charge < -0.3 is 10.2 Å². The van der Waals surface area contributed by atoms with Crippen molar-refractivity contribution in [1.82, 2.24) is 5.32 Å². The highest BCUT2D eigenvalue weighted by Gasteiger charge is 2.21. The molecule has 0 bridgehead atoms. The number of nitrogens with zero attached hydrogens (tertiary/aromatic N) is 1. The Morgan fingerprint density at radius 1 is 1.12 bits per heavy atom. The Morgan fingerprint density at radius 3 is 2.54 bits per heavy atom. The third-order valence-electron chi connectivity index (χ3n) is 4.12. The van der Waals surface area contributed by atoms with Gasteiger partial charge in [-0.3, -0.25) is 9.59 Å². The van der Waals surface area contributed by atoms with Crippen LogP contribution in [-0.2, 0) is 22.6 Å². The molecule has 0 spiro atoms. The Bertz CT molecular complexity index is 743. The summed E-state index contributed by atoms with van der Waals surface area (Å²) in [5, 5.41) is 3.53. The van der Waals surface area contributed by atoms with Gasteiger partial charge in [-0.2, -0.15) is 0 Å². The highest BCUT2D eigenvalue weighted by atomic mass is 35.5. The van der Waals surface area contributed by atoms with Gasteiger partial charge in [0.05, 0.1) is 6.42 Å². The van der Waals surface area contributed by atoms with Crippen LogP contribution in [-0.4, -0.2) is 18.4 Å². The Kier molecular flexibility index (Phi) is 5.16. The molecule has 3 rings (SSSR count). The molecule has 5 heteroatoms. The van der Waals surface area contributed by atoms with E-state index in [0.29, 0.717) is 24.4 Å². The van der Waals surface area contributed by atoms with Crippen molar-refractivity contribution in [2.75, 3.05) is 11.4 Å². The fourth-order valence-corrected chi connectivity index (χ4v) is 3.00. The van der Waals surface area contributed by atoms with Crippen molar-refractivity contribution in [3.05, 3.63) is 64.7 Å². The summed E-state index contributed by atoms with van der Waals surface area (Å²) in [7, 11) is 0. The third kappa shape index (κ3) is 3.95. The van der Waals surface area contributed by atoms with Gasteiger partial charge in [-0.15, -0.1) is 0 Å². The molecular formula is C19H19ClN2O2. The average Bonchev–Trinajstić information content (AvgIpc) is 3.01. The number of nitrogens with one attached hydrogen (secondary N) is 1. The lowest BCUT2D eigenvalue weighted by Crippen LogP contribution is -2.25. The number of hydrogen-bond donors (Lipinski definition) is 1. The molecule has 24 heavy (non-hydrogen) atoms. The predicted molar refractivity (Wildman–Crippen MR) is 95.0 cm³/mol. The zero-order valence-corrected chi connectivity index (χ0v) is 14.1. The van der Waals surface area contributed by atoms with E-state index in [-0.39, 0.29) is 11.8 Å². The van der Waals surface area contributed by atoms with Gasteiger partial charge in [-0.1, -0.05) is 41.9 Å². The largest absolute Gasteiger partial charge is 0.352 e. The summed E-state index contributed by atoms with van der Waals surface area (Å²) in [5.74, 6) is 0.111. The second kappa shape index (κ2) is 7.49. The Morgan fingerprint density at radius 2 is 1.88 bits per heavy atom. The molecule has 0 aliphatic carbocycles. The molecule has 1 aliphatic heterocycles. The first-order valence-corrected chi connectivity index (χ1v) is 8.41. The van der Waals surface area contributed by atoms with E-state index < -0.39 is 0 Å². The molecule has 0 unspecified atom stereocenters. The molecule has 1 saturated heterocycles. The number of rotatable bonds is 5. The van der Waals surface area contributed by atoms with Crippen molar-refractivity contribution >= 4 is 29.1 Å². The zero-order chi connectivity index (χ0) is 16.9. The standard InChI is InChI=1S/C19H19ClN2O2/c20-17-5-2-1-4-15(17)13-21-18(23)12-14-7-9-16(10-8-14)22-11-3-6-19(22)24/h1-2,4-5,7-10H,3,6,11-13H2,(H,21,23). The minimum Gasteiger partial charge on any atom is -0.352 e. The summed E-state index contributed by atoms with van der Waals surface area (Å²) in [6.45, 7) is 1.19. The van der Waals surface area contributed by atoms with E-state index in [9.17, 15) is 9.59 Å². The quantitative estimate of drug-likeness (QED) is 0.906. The molecule has 1 heterocycles. The lowest BCUT2D eigenvalue weighted by atomic mass is 10.1. The smallest absolute Gasteiger partial charge is 0.227 e. The molecule has 0 atom stereocenters. The SMILES string of the molecule is O=C(Cc1ccc(N2CCCC2=O)cc1)NCc1ccccc1Cl. The number of hydrogen-bond acceptors (Lipinski definition) is 2. The number of halogens is 1. The first-order chi connectivity index (χ1) is 11.6. The van der Waals surface area contributed by atoms with E-state index >= 15 is 0 Å². The average molecular weight is 343 g/mol. The zero-order valence-electron chi connectivity index (χ0n) is 13.3. The lowest BCUT2D eigenvalue weighted by Gasteiger charge is -2.15. The molecule has 124 valence electrons. The first-order valence-electron chi connectivity index (χ1n) is 8.03. The van der Waals surface area contributed by atoms with Gasteiger partial charge in [0.15, 0.2) is 0 Å². The van der Waals surface area contributed by atoms with Crippen LogP contribution < -0.4 is 10.2 Å². The first kappa shape index (κ1) is 16.5. The van der Waals surface area contributed by atoms with E-state index in [0.717, 1.165) is 29.8 Å². The van der Waals surface area contributed by atoms with Crippen molar-refractivity contribution < 1.29 is 9.59 Å². The summed E-state index contributed by atoms with van der Waals surface area (Å²) >= 11 is 6.08. The molecule has 0 aromatic heterocycles. The van der Waals surface area contributed by atoms with Gasteiger partial charge in [0.25, 0.3) is 0 Å². The maximum atomic E-state index is 12.1. The summed E-state index contributed by atoms with van der Waals surface area (Å²) in [4.78, 5) is 25.6.